The number of amides is 1. The van der Waals surface area contributed by atoms with Crippen LogP contribution in [0.15, 0.2) is 0 Å². The van der Waals surface area contributed by atoms with Crippen molar-refractivity contribution in [1.82, 2.24) is 9.36 Å². The number of hydrogen-bond donors (Lipinski definition) is 2. The zero-order valence-electron chi connectivity index (χ0n) is 7.74. The SMILES string of the molecule is NC(=O)OCCNc1nc(C(F)(F)F)ns1. The number of hydrogen-bond acceptors (Lipinski definition) is 6. The molecular formula is C6H7F3N4O2S. The second kappa shape index (κ2) is 4.96. The highest BCUT2D eigenvalue weighted by Gasteiger charge is 2.36. The Hall–Kier alpha value is -1.58. The van der Waals surface area contributed by atoms with E-state index in [-0.39, 0.29) is 18.3 Å². The Labute approximate surface area is 91.8 Å². The third kappa shape index (κ3) is 3.88. The standard InChI is InChI=1S/C6H7F3N4O2S/c7-6(8,9)3-12-5(16-13-3)11-1-2-15-4(10)14/h1-2H2,(H2,10,14)(H,11,12,13). The third-order valence-corrected chi connectivity index (χ3v) is 1.97. The van der Waals surface area contributed by atoms with E-state index in [0.29, 0.717) is 11.5 Å². The summed E-state index contributed by atoms with van der Waals surface area (Å²) in [5.41, 5.74) is 4.67. The zero-order chi connectivity index (χ0) is 12.2. The maximum atomic E-state index is 12.1. The molecule has 1 aromatic rings. The number of rotatable bonds is 4. The Morgan fingerprint density at radius 1 is 1.56 bits per heavy atom. The summed E-state index contributed by atoms with van der Waals surface area (Å²) in [6.45, 7) is 0.0473. The van der Waals surface area contributed by atoms with Gasteiger partial charge in [-0.25, -0.2) is 4.79 Å². The van der Waals surface area contributed by atoms with E-state index >= 15 is 0 Å². The Morgan fingerprint density at radius 2 is 2.25 bits per heavy atom. The maximum absolute atomic E-state index is 12.1. The van der Waals surface area contributed by atoms with Gasteiger partial charge in [0.05, 0.1) is 6.54 Å². The number of halogens is 3. The second-order valence-electron chi connectivity index (χ2n) is 2.52. The summed E-state index contributed by atoms with van der Waals surface area (Å²) in [6.07, 6.45) is -5.50. The average Bonchev–Trinajstić information content (AvgIpc) is 2.59. The van der Waals surface area contributed by atoms with Gasteiger partial charge in [0.15, 0.2) is 0 Å². The van der Waals surface area contributed by atoms with Gasteiger partial charge in [0.1, 0.15) is 6.61 Å². The molecule has 1 aromatic heterocycles. The van der Waals surface area contributed by atoms with Crippen LogP contribution in [0, 0.1) is 0 Å². The van der Waals surface area contributed by atoms with Crippen molar-refractivity contribution in [2.45, 2.75) is 6.18 Å². The van der Waals surface area contributed by atoms with Gasteiger partial charge < -0.3 is 15.8 Å². The first-order valence-electron chi connectivity index (χ1n) is 3.96. The molecule has 0 atom stereocenters. The van der Waals surface area contributed by atoms with Crippen LogP contribution in [0.5, 0.6) is 0 Å². The molecule has 0 aliphatic heterocycles. The van der Waals surface area contributed by atoms with Crippen LogP contribution in [0.4, 0.5) is 23.1 Å². The van der Waals surface area contributed by atoms with E-state index < -0.39 is 18.1 Å². The molecule has 0 saturated carbocycles. The van der Waals surface area contributed by atoms with Crippen molar-refractivity contribution in [3.63, 3.8) is 0 Å². The number of nitrogens with one attached hydrogen (secondary N) is 1. The number of carbonyl (C=O) groups is 1. The quantitative estimate of drug-likeness (QED) is 0.786. The number of aromatic nitrogens is 2. The molecular weight excluding hydrogens is 249 g/mol. The van der Waals surface area contributed by atoms with Crippen LogP contribution in [-0.2, 0) is 10.9 Å². The average molecular weight is 256 g/mol. The minimum absolute atomic E-state index is 0.000366. The number of ether oxygens (including phenoxy) is 1. The Morgan fingerprint density at radius 3 is 2.75 bits per heavy atom. The summed E-state index contributed by atoms with van der Waals surface area (Å²) in [6, 6.07) is 0. The van der Waals surface area contributed by atoms with E-state index in [1.54, 1.807) is 0 Å². The van der Waals surface area contributed by atoms with Gasteiger partial charge in [0, 0.05) is 11.5 Å². The van der Waals surface area contributed by atoms with Crippen LogP contribution in [0.25, 0.3) is 0 Å². The number of primary amides is 1. The summed E-state index contributed by atoms with van der Waals surface area (Å²) in [5, 5.41) is 2.50. The minimum atomic E-state index is -4.56. The fourth-order valence-electron chi connectivity index (χ4n) is 0.720. The van der Waals surface area contributed by atoms with Gasteiger partial charge in [0.25, 0.3) is 0 Å². The molecule has 16 heavy (non-hydrogen) atoms. The minimum Gasteiger partial charge on any atom is -0.448 e. The fourth-order valence-corrected chi connectivity index (χ4v) is 1.33. The van der Waals surface area contributed by atoms with Crippen LogP contribution in [0.3, 0.4) is 0 Å². The van der Waals surface area contributed by atoms with Crippen molar-refractivity contribution < 1.29 is 22.7 Å². The van der Waals surface area contributed by atoms with Crippen molar-refractivity contribution in [3.8, 4) is 0 Å². The molecule has 1 heterocycles. The predicted octanol–water partition coefficient (Wildman–Crippen LogP) is 1.06. The van der Waals surface area contributed by atoms with Crippen LogP contribution in [0.2, 0.25) is 0 Å². The molecule has 0 aliphatic carbocycles. The van der Waals surface area contributed by atoms with Gasteiger partial charge in [-0.2, -0.15) is 22.5 Å². The summed E-state index contributed by atoms with van der Waals surface area (Å²) < 4.78 is 43.7. The Balaban J connectivity index is 2.38. The monoisotopic (exact) mass is 256 g/mol. The summed E-state index contributed by atoms with van der Waals surface area (Å²) >= 11 is 0.571. The van der Waals surface area contributed by atoms with Crippen molar-refractivity contribution in [2.75, 3.05) is 18.5 Å². The molecule has 0 spiro atoms. The highest BCUT2D eigenvalue weighted by molar-refractivity contribution is 7.09. The van der Waals surface area contributed by atoms with E-state index in [2.05, 4.69) is 25.1 Å². The third-order valence-electron chi connectivity index (χ3n) is 1.30. The van der Waals surface area contributed by atoms with Crippen LogP contribution in [-0.4, -0.2) is 28.6 Å². The highest BCUT2D eigenvalue weighted by atomic mass is 32.1. The number of anilines is 1. The molecule has 0 aliphatic rings. The summed E-state index contributed by atoms with van der Waals surface area (Å²) in [4.78, 5) is 13.3. The lowest BCUT2D eigenvalue weighted by Gasteiger charge is -2.01. The normalized spacial score (nSPS) is 11.2. The topological polar surface area (TPSA) is 90.1 Å². The molecule has 0 fully saturated rings. The molecule has 0 saturated heterocycles. The van der Waals surface area contributed by atoms with Gasteiger partial charge in [-0.05, 0) is 0 Å². The van der Waals surface area contributed by atoms with Gasteiger partial charge >= 0.3 is 12.3 Å². The molecule has 3 N–H and O–H groups in total. The van der Waals surface area contributed by atoms with Crippen molar-refractivity contribution >= 4 is 22.8 Å². The Kier molecular flexibility index (Phi) is 3.88. The molecule has 1 amide bonds. The molecule has 0 unspecified atom stereocenters. The molecule has 0 aromatic carbocycles. The lowest BCUT2D eigenvalue weighted by Crippen LogP contribution is -2.18. The second-order valence-corrected chi connectivity index (χ2v) is 3.27. The fraction of sp³-hybridized carbons (Fsp3) is 0.500. The van der Waals surface area contributed by atoms with Gasteiger partial charge in [0.2, 0.25) is 11.0 Å². The number of carbonyl (C=O) groups excluding carboxylic acids is 1. The Bertz CT molecular complexity index is 367. The van der Waals surface area contributed by atoms with Crippen LogP contribution in [0.1, 0.15) is 5.82 Å². The zero-order valence-corrected chi connectivity index (χ0v) is 8.56. The van der Waals surface area contributed by atoms with Crippen LogP contribution >= 0.6 is 11.5 Å². The van der Waals surface area contributed by atoms with Crippen molar-refractivity contribution in [3.05, 3.63) is 5.82 Å². The van der Waals surface area contributed by atoms with Crippen LogP contribution < -0.4 is 11.1 Å². The van der Waals surface area contributed by atoms with Crippen molar-refractivity contribution in [2.24, 2.45) is 5.73 Å². The van der Waals surface area contributed by atoms with E-state index in [1.165, 1.54) is 0 Å². The molecule has 90 valence electrons. The first-order valence-corrected chi connectivity index (χ1v) is 4.74. The number of nitrogens with two attached hydrogens (primary N) is 1. The predicted molar refractivity (Wildman–Crippen MR) is 48.9 cm³/mol. The molecule has 0 bridgehead atoms. The first kappa shape index (κ1) is 12.5. The molecule has 6 nitrogen and oxygen atoms in total. The number of alkyl halides is 3. The smallest absolute Gasteiger partial charge is 0.448 e. The highest BCUT2D eigenvalue weighted by Crippen LogP contribution is 2.28. The van der Waals surface area contributed by atoms with Gasteiger partial charge in [-0.3, -0.25) is 0 Å². The lowest BCUT2D eigenvalue weighted by molar-refractivity contribution is -0.144. The molecule has 10 heteroatoms. The summed E-state index contributed by atoms with van der Waals surface area (Å²) in [5.74, 6) is -1.20. The number of nitrogens with zero attached hydrogens (tertiary/aromatic N) is 2. The first-order chi connectivity index (χ1) is 7.39. The lowest BCUT2D eigenvalue weighted by atomic mass is 10.6. The van der Waals surface area contributed by atoms with E-state index in [0.717, 1.165) is 0 Å². The maximum Gasteiger partial charge on any atom is 0.452 e. The van der Waals surface area contributed by atoms with E-state index in [4.69, 9.17) is 0 Å². The largest absolute Gasteiger partial charge is 0.452 e. The molecule has 1 rings (SSSR count). The van der Waals surface area contributed by atoms with Gasteiger partial charge in [-0.15, -0.1) is 0 Å². The summed E-state index contributed by atoms with van der Waals surface area (Å²) in [7, 11) is 0. The van der Waals surface area contributed by atoms with E-state index in [1.807, 2.05) is 0 Å². The van der Waals surface area contributed by atoms with E-state index in [9.17, 15) is 18.0 Å². The molecule has 0 radical (unpaired) electrons. The van der Waals surface area contributed by atoms with Gasteiger partial charge in [-0.1, -0.05) is 0 Å². The van der Waals surface area contributed by atoms with Crippen molar-refractivity contribution in [1.29, 1.82) is 0 Å².